The Labute approximate surface area is 130 Å². The maximum absolute atomic E-state index is 14.1. The van der Waals surface area contributed by atoms with E-state index in [1.54, 1.807) is 36.4 Å². The van der Waals surface area contributed by atoms with Gasteiger partial charge in [-0.15, -0.1) is 0 Å². The quantitative estimate of drug-likeness (QED) is 0.808. The van der Waals surface area contributed by atoms with Crippen LogP contribution < -0.4 is 5.69 Å². The largest absolute Gasteiger partial charge is 0.395 e. The smallest absolute Gasteiger partial charge is 0.348 e. The van der Waals surface area contributed by atoms with E-state index in [1.807, 2.05) is 0 Å². The van der Waals surface area contributed by atoms with Gasteiger partial charge in [-0.1, -0.05) is 23.7 Å². The van der Waals surface area contributed by atoms with E-state index < -0.39 is 11.5 Å². The van der Waals surface area contributed by atoms with E-state index in [-0.39, 0.29) is 24.4 Å². The molecule has 0 aliphatic heterocycles. The molecule has 6 heteroatoms. The van der Waals surface area contributed by atoms with Crippen LogP contribution in [0.4, 0.5) is 4.39 Å². The van der Waals surface area contributed by atoms with Crippen molar-refractivity contribution in [3.8, 4) is 11.3 Å². The van der Waals surface area contributed by atoms with E-state index in [1.165, 1.54) is 10.6 Å². The number of hydrogen-bond donors (Lipinski definition) is 1. The van der Waals surface area contributed by atoms with Gasteiger partial charge in [0.1, 0.15) is 5.82 Å². The molecule has 112 valence electrons. The van der Waals surface area contributed by atoms with Gasteiger partial charge in [-0.2, -0.15) is 4.98 Å². The molecular weight excluding hydrogens is 307 g/mol. The average Bonchev–Trinajstić information content (AvgIpc) is 2.50. The van der Waals surface area contributed by atoms with Gasteiger partial charge in [0.2, 0.25) is 0 Å². The molecule has 0 aliphatic rings. The molecule has 0 aliphatic carbocycles. The van der Waals surface area contributed by atoms with Gasteiger partial charge in [0.05, 0.1) is 24.4 Å². The summed E-state index contributed by atoms with van der Waals surface area (Å²) in [6, 6.07) is 11.1. The third-order valence-electron chi connectivity index (χ3n) is 3.40. The summed E-state index contributed by atoms with van der Waals surface area (Å²) < 4.78 is 15.4. The highest BCUT2D eigenvalue weighted by molar-refractivity contribution is 6.31. The lowest BCUT2D eigenvalue weighted by Crippen LogP contribution is -2.25. The lowest BCUT2D eigenvalue weighted by molar-refractivity contribution is 0.275. The Balaban J connectivity index is 2.41. The molecule has 0 fully saturated rings. The zero-order chi connectivity index (χ0) is 15.7. The molecule has 0 atom stereocenters. The van der Waals surface area contributed by atoms with Crippen molar-refractivity contribution in [3.05, 3.63) is 63.8 Å². The van der Waals surface area contributed by atoms with Crippen LogP contribution in [-0.2, 0) is 6.54 Å². The van der Waals surface area contributed by atoms with Crippen LogP contribution in [-0.4, -0.2) is 21.3 Å². The van der Waals surface area contributed by atoms with Crippen molar-refractivity contribution in [3.63, 3.8) is 0 Å². The van der Waals surface area contributed by atoms with Gasteiger partial charge in [0, 0.05) is 16.0 Å². The second-order valence-electron chi connectivity index (χ2n) is 4.76. The Hall–Kier alpha value is -2.24. The lowest BCUT2D eigenvalue weighted by Gasteiger charge is -2.12. The number of aromatic nitrogens is 2. The standard InChI is InChI=1S/C16H12ClFN2O2/c17-10-5-6-14-12(9-10)15(11-3-1-2-4-13(11)18)19-16(22)20(14)7-8-21/h1-6,9,21H,7-8H2. The molecule has 22 heavy (non-hydrogen) atoms. The Morgan fingerprint density at radius 1 is 1.23 bits per heavy atom. The van der Waals surface area contributed by atoms with Crippen molar-refractivity contribution < 1.29 is 9.50 Å². The van der Waals surface area contributed by atoms with E-state index in [2.05, 4.69) is 4.98 Å². The Kier molecular flexibility index (Phi) is 3.92. The van der Waals surface area contributed by atoms with Gasteiger partial charge in [0.15, 0.2) is 0 Å². The van der Waals surface area contributed by atoms with Crippen LogP contribution in [0.2, 0.25) is 5.02 Å². The maximum Gasteiger partial charge on any atom is 0.348 e. The fourth-order valence-corrected chi connectivity index (χ4v) is 2.60. The average molecular weight is 319 g/mol. The topological polar surface area (TPSA) is 55.1 Å². The van der Waals surface area contributed by atoms with Crippen LogP contribution in [0.25, 0.3) is 22.2 Å². The third kappa shape index (κ3) is 2.49. The summed E-state index contributed by atoms with van der Waals surface area (Å²) in [4.78, 5) is 16.2. The second-order valence-corrected chi connectivity index (χ2v) is 5.20. The minimum Gasteiger partial charge on any atom is -0.395 e. The Morgan fingerprint density at radius 2 is 2.00 bits per heavy atom. The van der Waals surface area contributed by atoms with Crippen LogP contribution >= 0.6 is 11.6 Å². The highest BCUT2D eigenvalue weighted by Crippen LogP contribution is 2.29. The van der Waals surface area contributed by atoms with Crippen molar-refractivity contribution >= 4 is 22.5 Å². The number of rotatable bonds is 3. The van der Waals surface area contributed by atoms with Gasteiger partial charge in [-0.05, 0) is 30.3 Å². The molecule has 0 bridgehead atoms. The molecule has 1 aromatic heterocycles. The molecule has 3 aromatic rings. The number of nitrogens with zero attached hydrogens (tertiary/aromatic N) is 2. The predicted octanol–water partition coefficient (Wildman–Crippen LogP) is 2.85. The van der Waals surface area contributed by atoms with Crippen molar-refractivity contribution in [1.82, 2.24) is 9.55 Å². The Bertz CT molecular complexity index is 908. The van der Waals surface area contributed by atoms with E-state index in [0.29, 0.717) is 15.9 Å². The summed E-state index contributed by atoms with van der Waals surface area (Å²) in [5, 5.41) is 10.1. The molecule has 0 amide bonds. The van der Waals surface area contributed by atoms with E-state index in [9.17, 15) is 9.18 Å². The van der Waals surface area contributed by atoms with Crippen LogP contribution in [0.15, 0.2) is 47.3 Å². The normalized spacial score (nSPS) is 11.0. The van der Waals surface area contributed by atoms with Gasteiger partial charge < -0.3 is 5.11 Å². The highest BCUT2D eigenvalue weighted by atomic mass is 35.5. The summed E-state index contributed by atoms with van der Waals surface area (Å²) in [5.74, 6) is -0.462. The molecule has 4 nitrogen and oxygen atoms in total. The molecule has 0 unspecified atom stereocenters. The first-order chi connectivity index (χ1) is 10.6. The summed E-state index contributed by atoms with van der Waals surface area (Å²) in [7, 11) is 0. The Morgan fingerprint density at radius 3 is 2.73 bits per heavy atom. The maximum atomic E-state index is 14.1. The zero-order valence-corrected chi connectivity index (χ0v) is 12.2. The molecule has 0 saturated carbocycles. The molecular formula is C16H12ClFN2O2. The van der Waals surface area contributed by atoms with Crippen LogP contribution in [0.3, 0.4) is 0 Å². The summed E-state index contributed by atoms with van der Waals surface area (Å²) in [6.45, 7) is -0.0835. The van der Waals surface area contributed by atoms with Crippen molar-refractivity contribution in [2.24, 2.45) is 0 Å². The minimum absolute atomic E-state index is 0.113. The molecule has 0 saturated heterocycles. The molecule has 3 rings (SSSR count). The summed E-state index contributed by atoms with van der Waals surface area (Å²) in [6.07, 6.45) is 0. The number of aliphatic hydroxyl groups excluding tert-OH is 1. The van der Waals surface area contributed by atoms with E-state index in [0.717, 1.165) is 0 Å². The summed E-state index contributed by atoms with van der Waals surface area (Å²) in [5.41, 5.74) is 0.497. The molecule has 2 aromatic carbocycles. The second kappa shape index (κ2) is 5.87. The SMILES string of the molecule is O=c1nc(-c2ccccc2F)c2cc(Cl)ccc2n1CCO. The number of fused-ring (bicyclic) bond motifs is 1. The molecule has 0 radical (unpaired) electrons. The molecule has 1 N–H and O–H groups in total. The highest BCUT2D eigenvalue weighted by Gasteiger charge is 2.15. The lowest BCUT2D eigenvalue weighted by atomic mass is 10.1. The zero-order valence-electron chi connectivity index (χ0n) is 11.5. The van der Waals surface area contributed by atoms with Crippen LogP contribution in [0.5, 0.6) is 0 Å². The molecule has 0 spiro atoms. The first-order valence-electron chi connectivity index (χ1n) is 6.67. The van der Waals surface area contributed by atoms with Crippen LogP contribution in [0.1, 0.15) is 0 Å². The fourth-order valence-electron chi connectivity index (χ4n) is 2.43. The monoisotopic (exact) mass is 318 g/mol. The van der Waals surface area contributed by atoms with Crippen LogP contribution in [0, 0.1) is 5.82 Å². The van der Waals surface area contributed by atoms with E-state index >= 15 is 0 Å². The number of aliphatic hydroxyl groups is 1. The first-order valence-corrected chi connectivity index (χ1v) is 7.05. The summed E-state index contributed by atoms with van der Waals surface area (Å²) >= 11 is 6.03. The van der Waals surface area contributed by atoms with E-state index in [4.69, 9.17) is 16.7 Å². The molecule has 1 heterocycles. The van der Waals surface area contributed by atoms with Gasteiger partial charge in [0.25, 0.3) is 0 Å². The van der Waals surface area contributed by atoms with Crippen molar-refractivity contribution in [2.75, 3.05) is 6.61 Å². The van der Waals surface area contributed by atoms with Crippen molar-refractivity contribution in [1.29, 1.82) is 0 Å². The minimum atomic E-state index is -0.540. The number of hydrogen-bond acceptors (Lipinski definition) is 3. The fraction of sp³-hybridized carbons (Fsp3) is 0.125. The van der Waals surface area contributed by atoms with Gasteiger partial charge >= 0.3 is 5.69 Å². The predicted molar refractivity (Wildman–Crippen MR) is 83.5 cm³/mol. The first kappa shape index (κ1) is 14.7. The number of halogens is 2. The third-order valence-corrected chi connectivity index (χ3v) is 3.63. The van der Waals surface area contributed by atoms with Gasteiger partial charge in [-0.25, -0.2) is 9.18 Å². The van der Waals surface area contributed by atoms with Gasteiger partial charge in [-0.3, -0.25) is 4.57 Å². The number of benzene rings is 2. The van der Waals surface area contributed by atoms with Crippen molar-refractivity contribution in [2.45, 2.75) is 6.54 Å².